The molecule has 4 nitrogen and oxygen atoms in total. The molecular weight excluding hydrogens is 352 g/mol. The maximum atomic E-state index is 12.3. The minimum atomic E-state index is -0.253. The van der Waals surface area contributed by atoms with E-state index in [1.54, 1.807) is 36.4 Å². The lowest BCUT2D eigenvalue weighted by molar-refractivity contribution is 0.102. The maximum absolute atomic E-state index is 12.3. The van der Waals surface area contributed by atoms with Crippen LogP contribution in [-0.4, -0.2) is 18.0 Å². The smallest absolute Gasteiger partial charge is 0.259 e. The summed E-state index contributed by atoms with van der Waals surface area (Å²) in [5.41, 5.74) is 7.39. The van der Waals surface area contributed by atoms with Gasteiger partial charge in [0.2, 0.25) is 0 Å². The van der Waals surface area contributed by atoms with Crippen LogP contribution in [0.5, 0.6) is 5.75 Å². The molecule has 0 aliphatic rings. The number of carbonyl (C=O) groups excluding carboxylic acids is 1. The first-order valence-corrected chi connectivity index (χ1v) is 7.26. The Kier molecular flexibility index (Phi) is 4.93. The molecule has 0 bridgehead atoms. The number of rotatable bonds is 4. The summed E-state index contributed by atoms with van der Waals surface area (Å²) < 4.78 is 5.88. The summed E-state index contributed by atoms with van der Waals surface area (Å²) in [7, 11) is 1.53. The lowest BCUT2D eigenvalue weighted by Gasteiger charge is -2.11. The van der Waals surface area contributed by atoms with Gasteiger partial charge in [0.15, 0.2) is 0 Å². The third-order valence-electron chi connectivity index (χ3n) is 2.85. The fraction of sp³-hybridized carbons (Fsp3) is 0.0667. The second kappa shape index (κ2) is 6.69. The Morgan fingerprint density at radius 2 is 2.00 bits per heavy atom. The molecule has 21 heavy (non-hydrogen) atoms. The number of carbonyl (C=O) groups is 1. The van der Waals surface area contributed by atoms with Gasteiger partial charge in [-0.05, 0) is 46.3 Å². The highest BCUT2D eigenvalue weighted by atomic mass is 79.9. The van der Waals surface area contributed by atoms with Crippen molar-refractivity contribution in [2.45, 2.75) is 0 Å². The fourth-order valence-electron chi connectivity index (χ4n) is 1.79. The van der Waals surface area contributed by atoms with Gasteiger partial charge in [0.1, 0.15) is 10.7 Å². The molecule has 0 aliphatic heterocycles. The van der Waals surface area contributed by atoms with Gasteiger partial charge < -0.3 is 15.8 Å². The number of ether oxygens (including phenoxy) is 1. The molecule has 0 aromatic heterocycles. The first-order chi connectivity index (χ1) is 10.0. The van der Waals surface area contributed by atoms with Gasteiger partial charge in [0.05, 0.1) is 18.4 Å². The van der Waals surface area contributed by atoms with E-state index in [0.717, 1.165) is 5.56 Å². The third kappa shape index (κ3) is 3.59. The number of nitrogens with one attached hydrogen (secondary N) is 1. The highest BCUT2D eigenvalue weighted by Crippen LogP contribution is 2.25. The molecule has 6 heteroatoms. The van der Waals surface area contributed by atoms with Gasteiger partial charge in [-0.3, -0.25) is 4.79 Å². The van der Waals surface area contributed by atoms with Crippen LogP contribution in [0.15, 0.2) is 46.9 Å². The zero-order valence-electron chi connectivity index (χ0n) is 11.2. The number of para-hydroxylation sites is 1. The molecule has 108 valence electrons. The number of nitrogens with two attached hydrogens (primary N) is 1. The number of methoxy groups -OCH3 is 1. The number of hydrogen-bond acceptors (Lipinski definition) is 3. The van der Waals surface area contributed by atoms with Gasteiger partial charge in [-0.15, -0.1) is 0 Å². The summed E-state index contributed by atoms with van der Waals surface area (Å²) in [6.45, 7) is 0. The molecule has 0 fully saturated rings. The molecule has 0 heterocycles. The van der Waals surface area contributed by atoms with Crippen LogP contribution in [-0.2, 0) is 0 Å². The van der Waals surface area contributed by atoms with Gasteiger partial charge in [-0.1, -0.05) is 24.4 Å². The van der Waals surface area contributed by atoms with Crippen LogP contribution in [0.1, 0.15) is 15.9 Å². The first kappa shape index (κ1) is 15.5. The van der Waals surface area contributed by atoms with Crippen LogP contribution in [0.4, 0.5) is 5.69 Å². The van der Waals surface area contributed by atoms with E-state index in [1.165, 1.54) is 7.11 Å². The van der Waals surface area contributed by atoms with Crippen LogP contribution in [0, 0.1) is 0 Å². The lowest BCUT2D eigenvalue weighted by Crippen LogP contribution is -2.14. The molecule has 2 rings (SSSR count). The van der Waals surface area contributed by atoms with Crippen LogP contribution < -0.4 is 15.8 Å². The number of amides is 1. The monoisotopic (exact) mass is 364 g/mol. The molecule has 0 saturated carbocycles. The summed E-state index contributed by atoms with van der Waals surface area (Å²) >= 11 is 8.31. The number of benzene rings is 2. The van der Waals surface area contributed by atoms with E-state index >= 15 is 0 Å². The maximum Gasteiger partial charge on any atom is 0.259 e. The van der Waals surface area contributed by atoms with Crippen LogP contribution >= 0.6 is 28.1 Å². The molecule has 0 unspecified atom stereocenters. The molecule has 1 amide bonds. The molecule has 0 saturated heterocycles. The minimum Gasteiger partial charge on any atom is -0.496 e. The average molecular weight is 365 g/mol. The van der Waals surface area contributed by atoms with E-state index in [0.29, 0.717) is 26.5 Å². The molecule has 0 spiro atoms. The Morgan fingerprint density at radius 1 is 1.29 bits per heavy atom. The lowest BCUT2D eigenvalue weighted by atomic mass is 10.1. The highest BCUT2D eigenvalue weighted by Gasteiger charge is 2.13. The molecule has 0 radical (unpaired) electrons. The number of halogens is 1. The molecule has 2 aromatic carbocycles. The fourth-order valence-corrected chi connectivity index (χ4v) is 2.40. The Hall–Kier alpha value is -1.92. The van der Waals surface area contributed by atoms with Gasteiger partial charge in [-0.2, -0.15) is 0 Å². The summed E-state index contributed by atoms with van der Waals surface area (Å²) in [5.74, 6) is 0.266. The Balaban J connectivity index is 2.26. The van der Waals surface area contributed by atoms with E-state index in [-0.39, 0.29) is 5.91 Å². The second-order valence-electron chi connectivity index (χ2n) is 4.21. The zero-order chi connectivity index (χ0) is 15.4. The molecule has 0 aliphatic carbocycles. The van der Waals surface area contributed by atoms with Crippen molar-refractivity contribution >= 4 is 44.7 Å². The zero-order valence-corrected chi connectivity index (χ0v) is 13.6. The van der Waals surface area contributed by atoms with Crippen molar-refractivity contribution in [2.24, 2.45) is 5.73 Å². The van der Waals surface area contributed by atoms with Gasteiger partial charge >= 0.3 is 0 Å². The number of anilines is 1. The number of thiocarbonyl (C=S) groups is 1. The molecule has 3 N–H and O–H groups in total. The SMILES string of the molecule is COc1ccccc1C(=O)Nc1ccc(C(N)=S)cc1Br. The predicted molar refractivity (Wildman–Crippen MR) is 91.0 cm³/mol. The summed E-state index contributed by atoms with van der Waals surface area (Å²) in [5, 5.41) is 2.82. The van der Waals surface area contributed by atoms with Crippen LogP contribution in [0.25, 0.3) is 0 Å². The van der Waals surface area contributed by atoms with E-state index in [4.69, 9.17) is 22.7 Å². The Labute approximate surface area is 136 Å². The van der Waals surface area contributed by atoms with E-state index < -0.39 is 0 Å². The van der Waals surface area contributed by atoms with Crippen molar-refractivity contribution in [3.8, 4) is 5.75 Å². The van der Waals surface area contributed by atoms with Crippen LogP contribution in [0.3, 0.4) is 0 Å². The van der Waals surface area contributed by atoms with Crippen molar-refractivity contribution in [2.75, 3.05) is 12.4 Å². The summed E-state index contributed by atoms with van der Waals surface area (Å²) in [4.78, 5) is 12.6. The molecular formula is C15H13BrN2O2S. The standard InChI is InChI=1S/C15H13BrN2O2S/c1-20-13-5-3-2-4-10(13)15(19)18-12-7-6-9(14(17)21)8-11(12)16/h2-8H,1H3,(H2,17,21)(H,18,19). The second-order valence-corrected chi connectivity index (χ2v) is 5.51. The van der Waals surface area contributed by atoms with E-state index in [9.17, 15) is 4.79 Å². The molecule has 2 aromatic rings. The van der Waals surface area contributed by atoms with E-state index in [1.807, 2.05) is 6.07 Å². The topological polar surface area (TPSA) is 64.3 Å². The Morgan fingerprint density at radius 3 is 2.62 bits per heavy atom. The summed E-state index contributed by atoms with van der Waals surface area (Å²) in [6.07, 6.45) is 0. The number of hydrogen-bond donors (Lipinski definition) is 2. The minimum absolute atomic E-state index is 0.253. The Bertz CT molecular complexity index is 704. The van der Waals surface area contributed by atoms with E-state index in [2.05, 4.69) is 21.2 Å². The summed E-state index contributed by atoms with van der Waals surface area (Å²) in [6, 6.07) is 12.3. The average Bonchev–Trinajstić information content (AvgIpc) is 2.48. The van der Waals surface area contributed by atoms with Crippen molar-refractivity contribution < 1.29 is 9.53 Å². The van der Waals surface area contributed by atoms with Crippen molar-refractivity contribution in [3.05, 3.63) is 58.1 Å². The van der Waals surface area contributed by atoms with Crippen molar-refractivity contribution in [3.63, 3.8) is 0 Å². The van der Waals surface area contributed by atoms with Gasteiger partial charge in [0, 0.05) is 10.0 Å². The third-order valence-corrected chi connectivity index (χ3v) is 3.75. The van der Waals surface area contributed by atoms with Gasteiger partial charge in [0.25, 0.3) is 5.91 Å². The largest absolute Gasteiger partial charge is 0.496 e. The van der Waals surface area contributed by atoms with Gasteiger partial charge in [-0.25, -0.2) is 0 Å². The quantitative estimate of drug-likeness (QED) is 0.816. The van der Waals surface area contributed by atoms with Crippen molar-refractivity contribution in [1.29, 1.82) is 0 Å². The first-order valence-electron chi connectivity index (χ1n) is 6.06. The molecule has 0 atom stereocenters. The van der Waals surface area contributed by atoms with Crippen LogP contribution in [0.2, 0.25) is 0 Å². The predicted octanol–water partition coefficient (Wildman–Crippen LogP) is 3.34. The highest BCUT2D eigenvalue weighted by molar-refractivity contribution is 9.10. The normalized spacial score (nSPS) is 10.0. The van der Waals surface area contributed by atoms with Crippen molar-refractivity contribution in [1.82, 2.24) is 0 Å².